The molecule has 0 bridgehead atoms. The van der Waals surface area contributed by atoms with E-state index in [2.05, 4.69) is 6.92 Å². The van der Waals surface area contributed by atoms with E-state index in [0.717, 1.165) is 18.4 Å². The predicted octanol–water partition coefficient (Wildman–Crippen LogP) is 4.12. The van der Waals surface area contributed by atoms with Crippen LogP contribution in [0.1, 0.15) is 57.4 Å². The van der Waals surface area contributed by atoms with Gasteiger partial charge in [0.25, 0.3) is 0 Å². The maximum Gasteiger partial charge on any atom is 0.308 e. The smallest absolute Gasteiger partial charge is 0.308 e. The van der Waals surface area contributed by atoms with Gasteiger partial charge in [0.1, 0.15) is 0 Å². The molecule has 1 heterocycles. The van der Waals surface area contributed by atoms with Crippen molar-refractivity contribution in [2.75, 3.05) is 6.61 Å². The molecular formula is C21H30O4. The third-order valence-corrected chi connectivity index (χ3v) is 4.36. The SMILES string of the molecule is CCCCCCOC(=O)C[C@H]1C[C@@H](O)C[C@@H](/C=C/c2ccccc2)O1. The van der Waals surface area contributed by atoms with Crippen molar-refractivity contribution in [2.45, 2.75) is 70.2 Å². The third-order valence-electron chi connectivity index (χ3n) is 4.36. The van der Waals surface area contributed by atoms with E-state index in [0.29, 0.717) is 19.4 Å². The lowest BCUT2D eigenvalue weighted by Gasteiger charge is -2.31. The zero-order chi connectivity index (χ0) is 17.9. The summed E-state index contributed by atoms with van der Waals surface area (Å²) in [4.78, 5) is 11.9. The van der Waals surface area contributed by atoms with Gasteiger partial charge in [0.05, 0.1) is 31.3 Å². The number of benzene rings is 1. The highest BCUT2D eigenvalue weighted by molar-refractivity contribution is 5.70. The number of aliphatic hydroxyl groups excluding tert-OH is 1. The first-order chi connectivity index (χ1) is 12.2. The molecule has 1 N–H and O–H groups in total. The maximum atomic E-state index is 11.9. The summed E-state index contributed by atoms with van der Waals surface area (Å²) in [6.07, 6.45) is 8.65. The Morgan fingerprint density at radius 3 is 2.80 bits per heavy atom. The molecule has 1 aromatic rings. The van der Waals surface area contributed by atoms with Gasteiger partial charge in [-0.05, 0) is 12.0 Å². The monoisotopic (exact) mass is 346 g/mol. The van der Waals surface area contributed by atoms with Gasteiger partial charge in [-0.15, -0.1) is 0 Å². The van der Waals surface area contributed by atoms with Gasteiger partial charge in [-0.1, -0.05) is 68.7 Å². The minimum atomic E-state index is -0.443. The van der Waals surface area contributed by atoms with Gasteiger partial charge in [0, 0.05) is 12.8 Å². The van der Waals surface area contributed by atoms with Crippen LogP contribution in [0.2, 0.25) is 0 Å². The minimum absolute atomic E-state index is 0.175. The molecule has 1 fully saturated rings. The molecule has 1 aliphatic rings. The molecular weight excluding hydrogens is 316 g/mol. The average Bonchev–Trinajstić information content (AvgIpc) is 2.60. The molecule has 3 atom stereocenters. The molecule has 4 nitrogen and oxygen atoms in total. The van der Waals surface area contributed by atoms with E-state index in [1.807, 2.05) is 42.5 Å². The number of aliphatic hydroxyl groups is 1. The molecule has 0 spiro atoms. The molecule has 1 aromatic carbocycles. The van der Waals surface area contributed by atoms with Gasteiger partial charge in [0.15, 0.2) is 0 Å². The van der Waals surface area contributed by atoms with Crippen molar-refractivity contribution in [3.05, 3.63) is 42.0 Å². The zero-order valence-electron chi connectivity index (χ0n) is 15.1. The van der Waals surface area contributed by atoms with Gasteiger partial charge in [-0.25, -0.2) is 0 Å². The Morgan fingerprint density at radius 1 is 1.24 bits per heavy atom. The first-order valence-electron chi connectivity index (χ1n) is 9.39. The molecule has 2 rings (SSSR count). The molecule has 0 saturated carbocycles. The normalized spacial score (nSPS) is 23.7. The summed E-state index contributed by atoms with van der Waals surface area (Å²) < 4.78 is 11.2. The molecule has 138 valence electrons. The van der Waals surface area contributed by atoms with E-state index < -0.39 is 6.10 Å². The van der Waals surface area contributed by atoms with Crippen molar-refractivity contribution in [1.29, 1.82) is 0 Å². The van der Waals surface area contributed by atoms with E-state index in [1.165, 1.54) is 12.8 Å². The number of unbranched alkanes of at least 4 members (excludes halogenated alkanes) is 3. The third kappa shape index (κ3) is 7.84. The molecule has 0 radical (unpaired) electrons. The molecule has 0 aromatic heterocycles. The second-order valence-corrected chi connectivity index (χ2v) is 6.68. The van der Waals surface area contributed by atoms with E-state index >= 15 is 0 Å². The highest BCUT2D eigenvalue weighted by atomic mass is 16.5. The van der Waals surface area contributed by atoms with Crippen molar-refractivity contribution >= 4 is 12.0 Å². The van der Waals surface area contributed by atoms with E-state index in [-0.39, 0.29) is 24.6 Å². The lowest BCUT2D eigenvalue weighted by Crippen LogP contribution is -2.36. The second kappa shape index (κ2) is 11.1. The molecule has 1 aliphatic heterocycles. The van der Waals surface area contributed by atoms with Crippen LogP contribution in [0.3, 0.4) is 0 Å². The van der Waals surface area contributed by atoms with Crippen LogP contribution in [-0.4, -0.2) is 36.0 Å². The Kier molecular flexibility index (Phi) is 8.70. The molecule has 0 unspecified atom stereocenters. The Bertz CT molecular complexity index is 526. The summed E-state index contributed by atoms with van der Waals surface area (Å²) in [6.45, 7) is 2.63. The quantitative estimate of drug-likeness (QED) is 0.540. The number of hydrogen-bond donors (Lipinski definition) is 1. The summed E-state index contributed by atoms with van der Waals surface area (Å²) >= 11 is 0. The van der Waals surface area contributed by atoms with Crippen molar-refractivity contribution in [2.24, 2.45) is 0 Å². The predicted molar refractivity (Wildman–Crippen MR) is 99.1 cm³/mol. The summed E-state index contributed by atoms with van der Waals surface area (Å²) in [6, 6.07) is 9.97. The lowest BCUT2D eigenvalue weighted by molar-refractivity contribution is -0.151. The van der Waals surface area contributed by atoms with Gasteiger partial charge in [-0.3, -0.25) is 4.79 Å². The number of carbonyl (C=O) groups is 1. The highest BCUT2D eigenvalue weighted by Crippen LogP contribution is 2.23. The number of hydrogen-bond acceptors (Lipinski definition) is 4. The number of esters is 1. The van der Waals surface area contributed by atoms with Crippen LogP contribution >= 0.6 is 0 Å². The van der Waals surface area contributed by atoms with Crippen LogP contribution in [0, 0.1) is 0 Å². The first-order valence-corrected chi connectivity index (χ1v) is 9.39. The lowest BCUT2D eigenvalue weighted by atomic mass is 9.98. The average molecular weight is 346 g/mol. The summed E-state index contributed by atoms with van der Waals surface area (Å²) in [5, 5.41) is 10.1. The van der Waals surface area contributed by atoms with Gasteiger partial charge < -0.3 is 14.6 Å². The topological polar surface area (TPSA) is 55.8 Å². The van der Waals surface area contributed by atoms with Gasteiger partial charge in [0.2, 0.25) is 0 Å². The number of ether oxygens (including phenoxy) is 2. The Labute approximate surface area is 150 Å². The number of carbonyl (C=O) groups excluding carboxylic acids is 1. The zero-order valence-corrected chi connectivity index (χ0v) is 15.1. The Balaban J connectivity index is 1.75. The minimum Gasteiger partial charge on any atom is -0.466 e. The Hall–Kier alpha value is -1.65. The van der Waals surface area contributed by atoms with Crippen molar-refractivity contribution < 1.29 is 19.4 Å². The Morgan fingerprint density at radius 2 is 2.04 bits per heavy atom. The van der Waals surface area contributed by atoms with Crippen LogP contribution in [0.5, 0.6) is 0 Å². The molecule has 4 heteroatoms. The van der Waals surface area contributed by atoms with Crippen LogP contribution in [0.15, 0.2) is 36.4 Å². The van der Waals surface area contributed by atoms with Gasteiger partial charge in [-0.2, -0.15) is 0 Å². The van der Waals surface area contributed by atoms with E-state index in [1.54, 1.807) is 0 Å². The molecule has 0 amide bonds. The maximum absolute atomic E-state index is 11.9. The molecule has 25 heavy (non-hydrogen) atoms. The largest absolute Gasteiger partial charge is 0.466 e. The fraction of sp³-hybridized carbons (Fsp3) is 0.571. The van der Waals surface area contributed by atoms with Crippen LogP contribution in [-0.2, 0) is 14.3 Å². The fourth-order valence-corrected chi connectivity index (χ4v) is 3.02. The fourth-order valence-electron chi connectivity index (χ4n) is 3.02. The summed E-state index contributed by atoms with van der Waals surface area (Å²) in [7, 11) is 0. The van der Waals surface area contributed by atoms with Gasteiger partial charge >= 0.3 is 5.97 Å². The standard InChI is InChI=1S/C21H30O4/c1-2-3-4-8-13-24-21(23)16-20-15-18(22)14-19(25-20)12-11-17-9-6-5-7-10-17/h5-7,9-12,18-20,22H,2-4,8,13-16H2,1H3/b12-11+/t18-,19+,20+/m0/s1. The van der Waals surface area contributed by atoms with Crippen LogP contribution < -0.4 is 0 Å². The van der Waals surface area contributed by atoms with Crippen molar-refractivity contribution in [3.8, 4) is 0 Å². The van der Waals surface area contributed by atoms with Crippen molar-refractivity contribution in [3.63, 3.8) is 0 Å². The van der Waals surface area contributed by atoms with Crippen LogP contribution in [0.25, 0.3) is 6.08 Å². The highest BCUT2D eigenvalue weighted by Gasteiger charge is 2.28. The summed E-state index contributed by atoms with van der Waals surface area (Å²) in [5.41, 5.74) is 1.09. The van der Waals surface area contributed by atoms with Crippen molar-refractivity contribution in [1.82, 2.24) is 0 Å². The molecule has 1 saturated heterocycles. The van der Waals surface area contributed by atoms with Crippen LogP contribution in [0.4, 0.5) is 0 Å². The second-order valence-electron chi connectivity index (χ2n) is 6.68. The molecule has 0 aliphatic carbocycles. The summed E-state index contributed by atoms with van der Waals surface area (Å²) in [5.74, 6) is -0.235. The van der Waals surface area contributed by atoms with E-state index in [9.17, 15) is 9.90 Å². The first kappa shape index (κ1) is 19.7. The van der Waals surface area contributed by atoms with E-state index in [4.69, 9.17) is 9.47 Å². The number of rotatable bonds is 9.